The number of methoxy groups -OCH3 is 1. The lowest BCUT2D eigenvalue weighted by Crippen LogP contribution is -2.47. The maximum absolute atomic E-state index is 13.5. The predicted octanol–water partition coefficient (Wildman–Crippen LogP) is 2.36. The van der Waals surface area contributed by atoms with Gasteiger partial charge in [-0.25, -0.2) is 8.42 Å². The van der Waals surface area contributed by atoms with Gasteiger partial charge < -0.3 is 9.26 Å². The molecular weight excluding hydrogens is 358 g/mol. The van der Waals surface area contributed by atoms with Crippen molar-refractivity contribution >= 4 is 16.0 Å². The molecule has 0 N–H and O–H groups in total. The minimum Gasteiger partial charge on any atom is -0.469 e. The van der Waals surface area contributed by atoms with Gasteiger partial charge >= 0.3 is 5.97 Å². The van der Waals surface area contributed by atoms with Crippen LogP contribution in [0.2, 0.25) is 0 Å². The van der Waals surface area contributed by atoms with E-state index in [0.29, 0.717) is 37.5 Å². The molecule has 0 bridgehead atoms. The Morgan fingerprint density at radius 1 is 1.15 bits per heavy atom. The average molecular weight is 385 g/mol. The van der Waals surface area contributed by atoms with Crippen LogP contribution in [-0.2, 0) is 19.6 Å². The number of esters is 1. The van der Waals surface area contributed by atoms with E-state index in [1.165, 1.54) is 11.4 Å². The summed E-state index contributed by atoms with van der Waals surface area (Å²) < 4.78 is 38.6. The molecule has 1 aromatic heterocycles. The number of nitrogens with zero attached hydrogens (tertiary/aromatic N) is 3. The van der Waals surface area contributed by atoms with Crippen molar-refractivity contribution in [2.75, 3.05) is 13.7 Å². The van der Waals surface area contributed by atoms with Crippen LogP contribution in [-0.4, -0.2) is 47.7 Å². The Kier molecular flexibility index (Phi) is 5.96. The van der Waals surface area contributed by atoms with Crippen LogP contribution in [0, 0.1) is 12.8 Å². The Labute approximate surface area is 154 Å². The second-order valence-electron chi connectivity index (χ2n) is 7.14. The van der Waals surface area contributed by atoms with Gasteiger partial charge in [-0.15, -0.1) is 0 Å². The first-order valence-electron chi connectivity index (χ1n) is 9.34. The van der Waals surface area contributed by atoms with Gasteiger partial charge in [-0.1, -0.05) is 30.8 Å². The second kappa shape index (κ2) is 8.04. The van der Waals surface area contributed by atoms with Crippen LogP contribution in [0.5, 0.6) is 0 Å². The fraction of sp³-hybridized carbons (Fsp3) is 0.824. The molecule has 0 radical (unpaired) electrons. The number of hydrogen-bond donors (Lipinski definition) is 0. The van der Waals surface area contributed by atoms with Crippen molar-refractivity contribution in [3.63, 3.8) is 0 Å². The van der Waals surface area contributed by atoms with Crippen molar-refractivity contribution in [1.82, 2.24) is 14.4 Å². The summed E-state index contributed by atoms with van der Waals surface area (Å²) >= 11 is 0. The van der Waals surface area contributed by atoms with Crippen molar-refractivity contribution in [3.05, 3.63) is 11.7 Å². The van der Waals surface area contributed by atoms with Gasteiger partial charge in [0.15, 0.2) is 5.82 Å². The highest BCUT2D eigenvalue weighted by atomic mass is 32.2. The fourth-order valence-corrected chi connectivity index (χ4v) is 6.56. The standard InChI is InChI=1S/C17H27N3O5S/c1-12-18-16(19-25-12)14-9-4-3-7-11-20(14)26(22,23)15-10-6-5-8-13(15)17(21)24-2/h13-15H,3-11H2,1-2H3. The second-order valence-corrected chi connectivity index (χ2v) is 9.25. The van der Waals surface area contributed by atoms with Crippen LogP contribution >= 0.6 is 0 Å². The van der Waals surface area contributed by atoms with Crippen LogP contribution in [0.25, 0.3) is 0 Å². The number of aromatic nitrogens is 2. The summed E-state index contributed by atoms with van der Waals surface area (Å²) in [7, 11) is -2.37. The zero-order valence-corrected chi connectivity index (χ0v) is 16.2. The van der Waals surface area contributed by atoms with Crippen LogP contribution in [0.3, 0.4) is 0 Å². The number of hydrogen-bond acceptors (Lipinski definition) is 7. The van der Waals surface area contributed by atoms with Gasteiger partial charge in [0.2, 0.25) is 15.9 Å². The van der Waals surface area contributed by atoms with E-state index in [9.17, 15) is 13.2 Å². The number of sulfonamides is 1. The number of aryl methyl sites for hydroxylation is 1. The van der Waals surface area contributed by atoms with E-state index in [2.05, 4.69) is 10.1 Å². The minimum absolute atomic E-state index is 0.415. The molecule has 3 unspecified atom stereocenters. The molecule has 0 aromatic carbocycles. The topological polar surface area (TPSA) is 103 Å². The largest absolute Gasteiger partial charge is 0.469 e. The zero-order valence-electron chi connectivity index (χ0n) is 15.4. The van der Waals surface area contributed by atoms with Gasteiger partial charge in [0.1, 0.15) is 0 Å². The zero-order chi connectivity index (χ0) is 18.7. The summed E-state index contributed by atoms with van der Waals surface area (Å²) in [4.78, 5) is 16.5. The van der Waals surface area contributed by atoms with Crippen LogP contribution in [0.1, 0.15) is 69.1 Å². The van der Waals surface area contributed by atoms with Gasteiger partial charge in [0.25, 0.3) is 0 Å². The number of rotatable bonds is 4. The lowest BCUT2D eigenvalue weighted by molar-refractivity contribution is -0.146. The molecule has 2 aliphatic rings. The number of carbonyl (C=O) groups is 1. The highest BCUT2D eigenvalue weighted by molar-refractivity contribution is 7.89. The normalized spacial score (nSPS) is 28.5. The molecule has 1 saturated carbocycles. The Morgan fingerprint density at radius 3 is 2.58 bits per heavy atom. The van der Waals surface area contributed by atoms with E-state index in [-0.39, 0.29) is 0 Å². The molecule has 1 saturated heterocycles. The Hall–Kier alpha value is -1.48. The van der Waals surface area contributed by atoms with E-state index in [1.54, 1.807) is 6.92 Å². The highest BCUT2D eigenvalue weighted by Gasteiger charge is 2.46. The molecule has 146 valence electrons. The average Bonchev–Trinajstić information content (AvgIpc) is 2.92. The van der Waals surface area contributed by atoms with E-state index < -0.39 is 33.2 Å². The van der Waals surface area contributed by atoms with E-state index in [1.807, 2.05) is 0 Å². The van der Waals surface area contributed by atoms with Crippen molar-refractivity contribution in [2.24, 2.45) is 5.92 Å². The molecule has 2 heterocycles. The molecule has 3 atom stereocenters. The Bertz CT molecular complexity index is 733. The van der Waals surface area contributed by atoms with Crippen LogP contribution in [0.4, 0.5) is 0 Å². The van der Waals surface area contributed by atoms with Gasteiger partial charge in [0, 0.05) is 13.5 Å². The maximum atomic E-state index is 13.5. The molecule has 1 aromatic rings. The SMILES string of the molecule is COC(=O)C1CCCCC1S(=O)(=O)N1CCCCCC1c1noc(C)n1. The van der Waals surface area contributed by atoms with Crippen molar-refractivity contribution < 1.29 is 22.5 Å². The molecule has 1 aliphatic carbocycles. The third-order valence-electron chi connectivity index (χ3n) is 5.46. The molecule has 1 aliphatic heterocycles. The molecule has 9 heteroatoms. The summed E-state index contributed by atoms with van der Waals surface area (Å²) in [5.41, 5.74) is 0. The summed E-state index contributed by atoms with van der Waals surface area (Å²) in [6, 6.07) is -0.430. The van der Waals surface area contributed by atoms with Gasteiger partial charge in [-0.2, -0.15) is 9.29 Å². The lowest BCUT2D eigenvalue weighted by atomic mass is 9.89. The Balaban J connectivity index is 1.94. The molecule has 26 heavy (non-hydrogen) atoms. The van der Waals surface area contributed by atoms with E-state index >= 15 is 0 Å². The van der Waals surface area contributed by atoms with Crippen molar-refractivity contribution in [2.45, 2.75) is 69.6 Å². The summed E-state index contributed by atoms with van der Waals surface area (Å²) in [6.07, 6.45) is 6.01. The third-order valence-corrected chi connectivity index (χ3v) is 7.88. The first kappa shape index (κ1) is 19.3. The maximum Gasteiger partial charge on any atom is 0.310 e. The molecular formula is C17H27N3O5S. The van der Waals surface area contributed by atoms with Crippen molar-refractivity contribution in [3.8, 4) is 0 Å². The summed E-state index contributed by atoms with van der Waals surface area (Å²) in [6.45, 7) is 2.12. The Morgan fingerprint density at radius 2 is 1.88 bits per heavy atom. The smallest absolute Gasteiger partial charge is 0.310 e. The van der Waals surface area contributed by atoms with E-state index in [0.717, 1.165) is 32.1 Å². The third kappa shape index (κ3) is 3.78. The monoisotopic (exact) mass is 385 g/mol. The van der Waals surface area contributed by atoms with Crippen molar-refractivity contribution in [1.29, 1.82) is 0 Å². The van der Waals surface area contributed by atoms with Gasteiger partial charge in [-0.05, 0) is 25.7 Å². The first-order chi connectivity index (χ1) is 12.4. The van der Waals surface area contributed by atoms with E-state index in [4.69, 9.17) is 9.26 Å². The quantitative estimate of drug-likeness (QED) is 0.733. The fourth-order valence-electron chi connectivity index (χ4n) is 4.14. The highest BCUT2D eigenvalue weighted by Crippen LogP contribution is 2.38. The molecule has 3 rings (SSSR count). The summed E-state index contributed by atoms with van der Waals surface area (Å²) in [5, 5.41) is 3.24. The predicted molar refractivity (Wildman–Crippen MR) is 93.6 cm³/mol. The minimum atomic E-state index is -3.69. The number of ether oxygens (including phenoxy) is 1. The molecule has 0 amide bonds. The lowest BCUT2D eigenvalue weighted by Gasteiger charge is -2.35. The molecule has 8 nitrogen and oxygen atoms in total. The van der Waals surface area contributed by atoms with Crippen LogP contribution < -0.4 is 0 Å². The first-order valence-corrected chi connectivity index (χ1v) is 10.8. The van der Waals surface area contributed by atoms with Crippen LogP contribution in [0.15, 0.2) is 4.52 Å². The summed E-state index contributed by atoms with van der Waals surface area (Å²) in [5.74, 6) is -0.195. The number of carbonyl (C=O) groups excluding carboxylic acids is 1. The van der Waals surface area contributed by atoms with Gasteiger partial charge in [0.05, 0.1) is 24.3 Å². The molecule has 2 fully saturated rings. The molecule has 0 spiro atoms. The van der Waals surface area contributed by atoms with Gasteiger partial charge in [-0.3, -0.25) is 4.79 Å².